The first-order valence-corrected chi connectivity index (χ1v) is 7.27. The fourth-order valence-corrected chi connectivity index (χ4v) is 2.08. The first-order valence-electron chi connectivity index (χ1n) is 6.89. The van der Waals surface area contributed by atoms with Crippen molar-refractivity contribution >= 4 is 23.5 Å². The highest BCUT2D eigenvalue weighted by atomic mass is 35.5. The Morgan fingerprint density at radius 2 is 2.00 bits per heavy atom. The van der Waals surface area contributed by atoms with Crippen molar-refractivity contribution in [1.82, 2.24) is 15.1 Å². The number of rotatable bonds is 6. The largest absolute Gasteiger partial charge is 0.479 e. The second-order valence-electron chi connectivity index (χ2n) is 4.95. The van der Waals surface area contributed by atoms with Crippen LogP contribution in [0.1, 0.15) is 22.5 Å². The summed E-state index contributed by atoms with van der Waals surface area (Å²) < 4.78 is 1.56. The van der Waals surface area contributed by atoms with Crippen LogP contribution in [-0.4, -0.2) is 44.5 Å². The van der Waals surface area contributed by atoms with Crippen LogP contribution in [0.25, 0.3) is 5.69 Å². The van der Waals surface area contributed by atoms with Crippen molar-refractivity contribution in [2.75, 3.05) is 6.54 Å². The number of aliphatic carboxylic acids is 1. The number of nitrogens with one attached hydrogen (secondary N) is 1. The zero-order chi connectivity index (χ0) is 17.0. The predicted octanol–water partition coefficient (Wildman–Crippen LogP) is 1.40. The first kappa shape index (κ1) is 17.0. The van der Waals surface area contributed by atoms with Crippen LogP contribution in [-0.2, 0) is 4.79 Å². The Morgan fingerprint density at radius 3 is 2.61 bits per heavy atom. The van der Waals surface area contributed by atoms with E-state index in [1.807, 2.05) is 0 Å². The number of aliphatic hydroxyl groups is 1. The van der Waals surface area contributed by atoms with Gasteiger partial charge < -0.3 is 15.5 Å². The Morgan fingerprint density at radius 1 is 1.35 bits per heavy atom. The number of benzene rings is 1. The Bertz CT molecular complexity index is 712. The van der Waals surface area contributed by atoms with Gasteiger partial charge in [-0.1, -0.05) is 11.6 Å². The van der Waals surface area contributed by atoms with Gasteiger partial charge in [0, 0.05) is 24.2 Å². The Kier molecular flexibility index (Phi) is 5.36. The molecule has 1 heterocycles. The minimum Gasteiger partial charge on any atom is -0.479 e. The molecule has 1 aromatic carbocycles. The lowest BCUT2D eigenvalue weighted by Crippen LogP contribution is -2.30. The summed E-state index contributed by atoms with van der Waals surface area (Å²) in [5, 5.41) is 25.2. The summed E-state index contributed by atoms with van der Waals surface area (Å²) in [6.07, 6.45) is 0.0284. The predicted molar refractivity (Wildman–Crippen MR) is 83.9 cm³/mol. The number of carboxylic acid groups (broad SMARTS) is 1. The van der Waals surface area contributed by atoms with E-state index in [-0.39, 0.29) is 18.9 Å². The number of amides is 1. The zero-order valence-electron chi connectivity index (χ0n) is 12.4. The van der Waals surface area contributed by atoms with Gasteiger partial charge in [0.15, 0.2) is 6.10 Å². The smallest absolute Gasteiger partial charge is 0.332 e. The summed E-state index contributed by atoms with van der Waals surface area (Å²) in [6.45, 7) is 1.76. The summed E-state index contributed by atoms with van der Waals surface area (Å²) in [6, 6.07) is 7.00. The maximum atomic E-state index is 12.1. The second kappa shape index (κ2) is 7.26. The highest BCUT2D eigenvalue weighted by Gasteiger charge is 2.16. The number of aromatic nitrogens is 2. The van der Waals surface area contributed by atoms with Crippen LogP contribution in [0.2, 0.25) is 5.02 Å². The molecular weight excluding hydrogens is 322 g/mol. The van der Waals surface area contributed by atoms with E-state index in [1.165, 1.54) is 0 Å². The van der Waals surface area contributed by atoms with Crippen LogP contribution in [0, 0.1) is 6.92 Å². The lowest BCUT2D eigenvalue weighted by Gasteiger charge is -2.06. The molecule has 122 valence electrons. The van der Waals surface area contributed by atoms with E-state index >= 15 is 0 Å². The first-order chi connectivity index (χ1) is 10.9. The van der Waals surface area contributed by atoms with Gasteiger partial charge in [-0.25, -0.2) is 9.48 Å². The van der Waals surface area contributed by atoms with Crippen LogP contribution in [0.5, 0.6) is 0 Å². The van der Waals surface area contributed by atoms with E-state index in [1.54, 1.807) is 42.1 Å². The van der Waals surface area contributed by atoms with E-state index in [9.17, 15) is 9.59 Å². The van der Waals surface area contributed by atoms with Gasteiger partial charge in [0.2, 0.25) is 0 Å². The minimum atomic E-state index is -1.49. The number of carbonyl (C=O) groups excluding carboxylic acids is 1. The van der Waals surface area contributed by atoms with Crippen LogP contribution < -0.4 is 5.32 Å². The topological polar surface area (TPSA) is 104 Å². The normalized spacial score (nSPS) is 12.0. The second-order valence-corrected chi connectivity index (χ2v) is 5.38. The molecule has 3 N–H and O–H groups in total. The van der Waals surface area contributed by atoms with Gasteiger partial charge in [0.05, 0.1) is 16.9 Å². The Labute approximate surface area is 137 Å². The number of halogens is 1. The average Bonchev–Trinajstić information content (AvgIpc) is 2.89. The zero-order valence-corrected chi connectivity index (χ0v) is 13.1. The number of hydrogen-bond acceptors (Lipinski definition) is 4. The van der Waals surface area contributed by atoms with E-state index in [4.69, 9.17) is 21.8 Å². The molecule has 1 amide bonds. The average molecular weight is 338 g/mol. The molecule has 0 spiro atoms. The van der Waals surface area contributed by atoms with Gasteiger partial charge in [0.1, 0.15) is 0 Å². The highest BCUT2D eigenvalue weighted by molar-refractivity contribution is 6.30. The molecule has 2 rings (SSSR count). The lowest BCUT2D eigenvalue weighted by atomic mass is 10.2. The minimum absolute atomic E-state index is 0.0534. The SMILES string of the molecule is Cc1nn(-c2ccc(Cl)cc2)cc1C(=O)NCC[C@H](O)C(=O)O. The molecule has 0 aliphatic carbocycles. The van der Waals surface area contributed by atoms with Gasteiger partial charge in [-0.15, -0.1) is 0 Å². The van der Waals surface area contributed by atoms with Crippen LogP contribution in [0.3, 0.4) is 0 Å². The van der Waals surface area contributed by atoms with Crippen LogP contribution in [0.15, 0.2) is 30.5 Å². The van der Waals surface area contributed by atoms with Crippen molar-refractivity contribution in [3.05, 3.63) is 46.7 Å². The molecule has 23 heavy (non-hydrogen) atoms. The fraction of sp³-hybridized carbons (Fsp3) is 0.267. The summed E-state index contributed by atoms with van der Waals surface area (Å²) in [7, 11) is 0. The standard InChI is InChI=1S/C15H16ClN3O4/c1-9-12(14(21)17-7-6-13(20)15(22)23)8-19(18-9)11-4-2-10(16)3-5-11/h2-5,8,13,20H,6-7H2,1H3,(H,17,21)(H,22,23)/t13-/m0/s1. The Hall–Kier alpha value is -2.38. The van der Waals surface area contributed by atoms with Crippen LogP contribution >= 0.6 is 11.6 Å². The van der Waals surface area contributed by atoms with Gasteiger partial charge in [-0.3, -0.25) is 4.79 Å². The lowest BCUT2D eigenvalue weighted by molar-refractivity contribution is -0.146. The molecule has 1 atom stereocenters. The van der Waals surface area contributed by atoms with E-state index in [0.717, 1.165) is 5.69 Å². The molecule has 2 aromatic rings. The molecule has 0 saturated heterocycles. The third kappa shape index (κ3) is 4.30. The number of aryl methyl sites for hydroxylation is 1. The molecule has 0 unspecified atom stereocenters. The maximum absolute atomic E-state index is 12.1. The van der Waals surface area contributed by atoms with Crippen molar-refractivity contribution in [2.24, 2.45) is 0 Å². The van der Waals surface area contributed by atoms with E-state index in [0.29, 0.717) is 16.3 Å². The fourth-order valence-electron chi connectivity index (χ4n) is 1.95. The molecule has 0 radical (unpaired) electrons. The number of hydrogen-bond donors (Lipinski definition) is 3. The molecule has 0 aliphatic rings. The quantitative estimate of drug-likeness (QED) is 0.739. The van der Waals surface area contributed by atoms with Gasteiger partial charge >= 0.3 is 5.97 Å². The van der Waals surface area contributed by atoms with E-state index in [2.05, 4.69) is 10.4 Å². The van der Waals surface area contributed by atoms with Gasteiger partial charge in [0.25, 0.3) is 5.91 Å². The summed E-state index contributed by atoms with van der Waals surface area (Å²) >= 11 is 5.84. The Balaban J connectivity index is 2.04. The summed E-state index contributed by atoms with van der Waals surface area (Å²) in [5.41, 5.74) is 1.68. The number of carboxylic acids is 1. The van der Waals surface area contributed by atoms with Crippen molar-refractivity contribution in [3.8, 4) is 5.69 Å². The number of aliphatic hydroxyl groups excluding tert-OH is 1. The van der Waals surface area contributed by atoms with E-state index < -0.39 is 12.1 Å². The van der Waals surface area contributed by atoms with Crippen molar-refractivity contribution in [2.45, 2.75) is 19.4 Å². The molecule has 7 nitrogen and oxygen atoms in total. The molecule has 1 aromatic heterocycles. The van der Waals surface area contributed by atoms with Gasteiger partial charge in [-0.2, -0.15) is 5.10 Å². The van der Waals surface area contributed by atoms with Crippen LogP contribution in [0.4, 0.5) is 0 Å². The monoisotopic (exact) mass is 337 g/mol. The summed E-state index contributed by atoms with van der Waals surface area (Å²) in [5.74, 6) is -1.69. The highest BCUT2D eigenvalue weighted by Crippen LogP contribution is 2.15. The molecule has 0 bridgehead atoms. The molecule has 8 heteroatoms. The molecular formula is C15H16ClN3O4. The van der Waals surface area contributed by atoms with Gasteiger partial charge in [-0.05, 0) is 31.2 Å². The molecule has 0 fully saturated rings. The van der Waals surface area contributed by atoms with Crippen molar-refractivity contribution in [3.63, 3.8) is 0 Å². The molecule has 0 aliphatic heterocycles. The van der Waals surface area contributed by atoms with Crippen molar-refractivity contribution in [1.29, 1.82) is 0 Å². The van der Waals surface area contributed by atoms with Crippen molar-refractivity contribution < 1.29 is 19.8 Å². The summed E-state index contributed by atoms with van der Waals surface area (Å²) in [4.78, 5) is 22.6. The third-order valence-corrected chi connectivity index (χ3v) is 3.48. The number of nitrogens with zero attached hydrogens (tertiary/aromatic N) is 2. The maximum Gasteiger partial charge on any atom is 0.332 e. The number of carbonyl (C=O) groups is 2. The third-order valence-electron chi connectivity index (χ3n) is 3.22. The molecule has 0 saturated carbocycles.